The van der Waals surface area contributed by atoms with Crippen LogP contribution in [0.1, 0.15) is 31.2 Å². The van der Waals surface area contributed by atoms with E-state index in [2.05, 4.69) is 21.2 Å². The smallest absolute Gasteiger partial charge is 0.338 e. The number of hydrogen-bond donors (Lipinski definition) is 2. The second-order valence-electron chi connectivity index (χ2n) is 3.89. The Balaban J connectivity index is 2.31. The summed E-state index contributed by atoms with van der Waals surface area (Å²) < 4.78 is 0.856. The van der Waals surface area contributed by atoms with Crippen molar-refractivity contribution < 1.29 is 14.7 Å². The normalized spacial score (nSPS) is 10.5. The van der Waals surface area contributed by atoms with Crippen LogP contribution >= 0.6 is 38.6 Å². The van der Waals surface area contributed by atoms with Gasteiger partial charge in [-0.15, -0.1) is 22.7 Å². The minimum atomic E-state index is -1.02. The lowest BCUT2D eigenvalue weighted by molar-refractivity contribution is 0.0697. The number of nitrogens with one attached hydrogen (secondary N) is 1. The third-order valence-electron chi connectivity index (χ3n) is 2.66. The topological polar surface area (TPSA) is 66.4 Å². The number of carbonyl (C=O) groups excluding carboxylic acids is 1. The molecule has 7 heteroatoms. The Bertz CT molecular complexity index is 660. The zero-order valence-electron chi connectivity index (χ0n) is 10.1. The SMILES string of the molecule is Cc1sc(NC(=O)c2csc(Br)c2)c(C(=O)O)c1C. The number of halogens is 1. The van der Waals surface area contributed by atoms with Crippen LogP contribution in [0.5, 0.6) is 0 Å². The van der Waals surface area contributed by atoms with Crippen LogP contribution in [0.3, 0.4) is 0 Å². The van der Waals surface area contributed by atoms with Crippen molar-refractivity contribution in [2.45, 2.75) is 13.8 Å². The molecule has 0 unspecified atom stereocenters. The maximum absolute atomic E-state index is 12.0. The first-order valence-electron chi connectivity index (χ1n) is 5.28. The third kappa shape index (κ3) is 2.88. The van der Waals surface area contributed by atoms with Crippen molar-refractivity contribution in [1.82, 2.24) is 0 Å². The molecule has 0 aromatic carbocycles. The lowest BCUT2D eigenvalue weighted by atomic mass is 10.1. The maximum atomic E-state index is 12.0. The van der Waals surface area contributed by atoms with Crippen LogP contribution in [0, 0.1) is 13.8 Å². The molecule has 1 amide bonds. The average Bonchev–Trinajstić information content (AvgIpc) is 2.85. The molecular formula is C12H10BrNO3S2. The lowest BCUT2D eigenvalue weighted by Crippen LogP contribution is -2.12. The highest BCUT2D eigenvalue weighted by Gasteiger charge is 2.21. The predicted octanol–water partition coefficient (Wildman–Crippen LogP) is 4.14. The molecule has 19 heavy (non-hydrogen) atoms. The fraction of sp³-hybridized carbons (Fsp3) is 0.167. The van der Waals surface area contributed by atoms with Gasteiger partial charge >= 0.3 is 5.97 Å². The molecule has 0 atom stereocenters. The second kappa shape index (κ2) is 5.44. The van der Waals surface area contributed by atoms with E-state index in [1.54, 1.807) is 18.4 Å². The maximum Gasteiger partial charge on any atom is 0.338 e. The van der Waals surface area contributed by atoms with E-state index in [0.717, 1.165) is 8.66 Å². The van der Waals surface area contributed by atoms with Crippen LogP contribution in [-0.2, 0) is 0 Å². The summed E-state index contributed by atoms with van der Waals surface area (Å²) in [5, 5.41) is 14.0. The minimum absolute atomic E-state index is 0.171. The number of rotatable bonds is 3. The first-order valence-corrected chi connectivity index (χ1v) is 7.77. The molecular weight excluding hydrogens is 350 g/mol. The van der Waals surface area contributed by atoms with E-state index in [9.17, 15) is 14.7 Å². The Kier molecular flexibility index (Phi) is 4.07. The van der Waals surface area contributed by atoms with Crippen molar-refractivity contribution in [2.75, 3.05) is 5.32 Å². The fourth-order valence-electron chi connectivity index (χ4n) is 1.58. The zero-order chi connectivity index (χ0) is 14.2. The molecule has 0 saturated heterocycles. The van der Waals surface area contributed by atoms with Crippen molar-refractivity contribution in [3.63, 3.8) is 0 Å². The van der Waals surface area contributed by atoms with E-state index in [4.69, 9.17) is 0 Å². The number of aromatic carboxylic acids is 1. The van der Waals surface area contributed by atoms with E-state index >= 15 is 0 Å². The van der Waals surface area contributed by atoms with Crippen molar-refractivity contribution >= 4 is 55.5 Å². The van der Waals surface area contributed by atoms with Gasteiger partial charge in [0.1, 0.15) is 5.00 Å². The molecule has 100 valence electrons. The first-order chi connectivity index (χ1) is 8.90. The fourth-order valence-corrected chi connectivity index (χ4v) is 3.76. The largest absolute Gasteiger partial charge is 0.478 e. The molecule has 0 spiro atoms. The van der Waals surface area contributed by atoms with E-state index < -0.39 is 5.97 Å². The first kappa shape index (κ1) is 14.2. The molecule has 0 radical (unpaired) electrons. The van der Waals surface area contributed by atoms with Crippen molar-refractivity contribution in [2.24, 2.45) is 0 Å². The predicted molar refractivity (Wildman–Crippen MR) is 80.7 cm³/mol. The second-order valence-corrected chi connectivity index (χ2v) is 7.40. The van der Waals surface area contributed by atoms with Gasteiger partial charge in [0.15, 0.2) is 0 Å². The highest BCUT2D eigenvalue weighted by Crippen LogP contribution is 2.33. The molecule has 0 saturated carbocycles. The Morgan fingerprint density at radius 2 is 2.05 bits per heavy atom. The van der Waals surface area contributed by atoms with Gasteiger partial charge < -0.3 is 10.4 Å². The molecule has 0 aliphatic heterocycles. The quantitative estimate of drug-likeness (QED) is 0.865. The third-order valence-corrected chi connectivity index (χ3v) is 5.28. The van der Waals surface area contributed by atoms with Crippen molar-refractivity contribution in [3.8, 4) is 0 Å². The van der Waals surface area contributed by atoms with E-state index in [0.29, 0.717) is 16.1 Å². The van der Waals surface area contributed by atoms with Gasteiger partial charge in [-0.3, -0.25) is 4.79 Å². The summed E-state index contributed by atoms with van der Waals surface area (Å²) in [7, 11) is 0. The Morgan fingerprint density at radius 1 is 1.37 bits per heavy atom. The molecule has 2 N–H and O–H groups in total. The number of thiophene rings is 2. The summed E-state index contributed by atoms with van der Waals surface area (Å²) in [4.78, 5) is 24.1. The highest BCUT2D eigenvalue weighted by molar-refractivity contribution is 9.11. The van der Waals surface area contributed by atoms with Crippen LogP contribution in [0.15, 0.2) is 15.2 Å². The number of anilines is 1. The number of aryl methyl sites for hydroxylation is 1. The number of carboxylic acid groups (broad SMARTS) is 1. The van der Waals surface area contributed by atoms with E-state index in [-0.39, 0.29) is 11.5 Å². The molecule has 2 heterocycles. The Morgan fingerprint density at radius 3 is 2.58 bits per heavy atom. The summed E-state index contributed by atoms with van der Waals surface area (Å²) in [5.41, 5.74) is 1.38. The molecule has 0 aliphatic rings. The van der Waals surface area contributed by atoms with Crippen LogP contribution in [0.4, 0.5) is 5.00 Å². The standard InChI is InChI=1S/C12H10BrNO3S2/c1-5-6(2)19-11(9(5)12(16)17)14-10(15)7-3-8(13)18-4-7/h3-4H,1-2H3,(H,14,15)(H,16,17). The van der Waals surface area contributed by atoms with Crippen LogP contribution in [-0.4, -0.2) is 17.0 Å². The molecule has 0 aliphatic carbocycles. The van der Waals surface area contributed by atoms with E-state index in [1.165, 1.54) is 22.7 Å². The van der Waals surface area contributed by atoms with Crippen LogP contribution in [0.2, 0.25) is 0 Å². The number of carboxylic acids is 1. The minimum Gasteiger partial charge on any atom is -0.478 e. The van der Waals surface area contributed by atoms with E-state index in [1.807, 2.05) is 6.92 Å². The van der Waals surface area contributed by atoms with Crippen LogP contribution in [0.25, 0.3) is 0 Å². The molecule has 0 fully saturated rings. The molecule has 4 nitrogen and oxygen atoms in total. The summed E-state index contributed by atoms with van der Waals surface area (Å²) in [6.07, 6.45) is 0. The zero-order valence-corrected chi connectivity index (χ0v) is 13.3. The molecule has 2 rings (SSSR count). The summed E-state index contributed by atoms with van der Waals surface area (Å²) in [6.45, 7) is 3.58. The average molecular weight is 360 g/mol. The van der Waals surface area contributed by atoms with Gasteiger partial charge in [0.25, 0.3) is 5.91 Å². The van der Waals surface area contributed by atoms with Gasteiger partial charge in [-0.25, -0.2) is 4.79 Å². The van der Waals surface area contributed by atoms with Gasteiger partial charge in [-0.1, -0.05) is 0 Å². The van der Waals surface area contributed by atoms with Gasteiger partial charge in [0, 0.05) is 10.3 Å². The molecule has 2 aromatic heterocycles. The van der Waals surface area contributed by atoms with Gasteiger partial charge in [-0.05, 0) is 41.4 Å². The Hall–Kier alpha value is -1.18. The van der Waals surface area contributed by atoms with Crippen molar-refractivity contribution in [1.29, 1.82) is 0 Å². The molecule has 2 aromatic rings. The molecule has 0 bridgehead atoms. The number of hydrogen-bond acceptors (Lipinski definition) is 4. The summed E-state index contributed by atoms with van der Waals surface area (Å²) in [5.74, 6) is -1.32. The Labute approximate surface area is 126 Å². The van der Waals surface area contributed by atoms with Gasteiger partial charge in [-0.2, -0.15) is 0 Å². The number of amides is 1. The summed E-state index contributed by atoms with van der Waals surface area (Å²) in [6, 6.07) is 1.70. The van der Waals surface area contributed by atoms with Gasteiger partial charge in [0.05, 0.1) is 14.9 Å². The summed E-state index contributed by atoms with van der Waals surface area (Å²) >= 11 is 5.97. The monoisotopic (exact) mass is 359 g/mol. The lowest BCUT2D eigenvalue weighted by Gasteiger charge is -2.02. The number of carbonyl (C=O) groups is 2. The van der Waals surface area contributed by atoms with Gasteiger partial charge in [0.2, 0.25) is 0 Å². The van der Waals surface area contributed by atoms with Crippen LogP contribution < -0.4 is 5.32 Å². The van der Waals surface area contributed by atoms with Crippen molar-refractivity contribution in [3.05, 3.63) is 36.8 Å². The highest BCUT2D eigenvalue weighted by atomic mass is 79.9.